The van der Waals surface area contributed by atoms with E-state index in [-0.39, 0.29) is 0 Å². The molecule has 6 heteroatoms. The second-order valence-electron chi connectivity index (χ2n) is 6.08. The van der Waals surface area contributed by atoms with Gasteiger partial charge in [-0.2, -0.15) is 5.10 Å². The van der Waals surface area contributed by atoms with Crippen LogP contribution in [0.4, 0.5) is 0 Å². The maximum absolute atomic E-state index is 6.48. The maximum Gasteiger partial charge on any atom is 0.164 e. The van der Waals surface area contributed by atoms with Crippen molar-refractivity contribution in [3.63, 3.8) is 0 Å². The third-order valence-electron chi connectivity index (χ3n) is 4.33. The Hall–Kier alpha value is -2.07. The molecule has 3 nitrogen and oxygen atoms in total. The number of aromatic nitrogens is 3. The van der Waals surface area contributed by atoms with Gasteiger partial charge in [-0.1, -0.05) is 53.0 Å². The summed E-state index contributed by atoms with van der Waals surface area (Å²) in [6.07, 6.45) is 0. The average molecular weight is 403 g/mol. The van der Waals surface area contributed by atoms with Gasteiger partial charge in [0.2, 0.25) is 0 Å². The molecule has 0 aliphatic heterocycles. The van der Waals surface area contributed by atoms with Crippen molar-refractivity contribution in [1.29, 1.82) is 0 Å². The standard InChI is InChI=1S/C20H14Cl3N3/c1-11-17-19(13-6-8-14(21)9-7-13)25-26(16-5-3-4-15(22)10-16)20(17)24-12(2)18(11)23/h3-10H,1-2H3. The van der Waals surface area contributed by atoms with Crippen LogP contribution in [0.1, 0.15) is 11.3 Å². The van der Waals surface area contributed by atoms with E-state index >= 15 is 0 Å². The van der Waals surface area contributed by atoms with Crippen molar-refractivity contribution in [3.05, 3.63) is 74.9 Å². The summed E-state index contributed by atoms with van der Waals surface area (Å²) in [6.45, 7) is 3.88. The summed E-state index contributed by atoms with van der Waals surface area (Å²) in [5.41, 5.74) is 5.07. The van der Waals surface area contributed by atoms with E-state index in [1.807, 2.05) is 67.1 Å². The lowest BCUT2D eigenvalue weighted by Crippen LogP contribution is -1.99. The fraction of sp³-hybridized carbons (Fsp3) is 0.100. The predicted octanol–water partition coefficient (Wildman–Crippen LogP) is 6.66. The van der Waals surface area contributed by atoms with E-state index in [2.05, 4.69) is 0 Å². The van der Waals surface area contributed by atoms with Crippen molar-refractivity contribution in [1.82, 2.24) is 14.8 Å². The first-order valence-corrected chi connectivity index (χ1v) is 9.16. The Kier molecular flexibility index (Phi) is 4.39. The van der Waals surface area contributed by atoms with E-state index < -0.39 is 0 Å². The lowest BCUT2D eigenvalue weighted by molar-refractivity contribution is 0.898. The zero-order valence-electron chi connectivity index (χ0n) is 14.1. The maximum atomic E-state index is 6.48. The number of pyridine rings is 1. The van der Waals surface area contributed by atoms with Crippen LogP contribution in [-0.2, 0) is 0 Å². The van der Waals surface area contributed by atoms with Gasteiger partial charge in [0, 0.05) is 15.6 Å². The molecular formula is C20H14Cl3N3. The predicted molar refractivity (Wildman–Crippen MR) is 109 cm³/mol. The first-order valence-electron chi connectivity index (χ1n) is 8.03. The Morgan fingerprint density at radius 1 is 0.885 bits per heavy atom. The van der Waals surface area contributed by atoms with Crippen LogP contribution in [0.5, 0.6) is 0 Å². The number of hydrogen-bond donors (Lipinski definition) is 0. The van der Waals surface area contributed by atoms with Crippen LogP contribution in [0, 0.1) is 13.8 Å². The summed E-state index contributed by atoms with van der Waals surface area (Å²) in [5, 5.41) is 7.73. The molecule has 0 spiro atoms. The molecule has 4 rings (SSSR count). The lowest BCUT2D eigenvalue weighted by atomic mass is 10.1. The topological polar surface area (TPSA) is 30.7 Å². The normalized spacial score (nSPS) is 11.3. The van der Waals surface area contributed by atoms with Crippen molar-refractivity contribution in [2.45, 2.75) is 13.8 Å². The third kappa shape index (κ3) is 2.86. The van der Waals surface area contributed by atoms with Crippen LogP contribution in [0.25, 0.3) is 28.0 Å². The highest BCUT2D eigenvalue weighted by Gasteiger charge is 2.20. The molecule has 0 bridgehead atoms. The van der Waals surface area contributed by atoms with Gasteiger partial charge in [-0.3, -0.25) is 0 Å². The zero-order chi connectivity index (χ0) is 18.4. The second-order valence-corrected chi connectivity index (χ2v) is 7.33. The van der Waals surface area contributed by atoms with Crippen molar-refractivity contribution >= 4 is 45.8 Å². The Morgan fingerprint density at radius 2 is 1.62 bits per heavy atom. The quantitative estimate of drug-likeness (QED) is 0.375. The molecule has 0 amide bonds. The molecule has 0 radical (unpaired) electrons. The van der Waals surface area contributed by atoms with Crippen LogP contribution in [0.2, 0.25) is 15.1 Å². The summed E-state index contributed by atoms with van der Waals surface area (Å²) >= 11 is 18.7. The van der Waals surface area contributed by atoms with Gasteiger partial charge in [0.1, 0.15) is 5.69 Å². The van der Waals surface area contributed by atoms with Gasteiger partial charge in [-0.25, -0.2) is 9.67 Å². The van der Waals surface area contributed by atoms with E-state index in [1.54, 1.807) is 0 Å². The van der Waals surface area contributed by atoms with Gasteiger partial charge >= 0.3 is 0 Å². The number of hydrogen-bond acceptors (Lipinski definition) is 2. The van der Waals surface area contributed by atoms with E-state index in [1.165, 1.54) is 0 Å². The lowest BCUT2D eigenvalue weighted by Gasteiger charge is -2.07. The molecule has 4 aromatic rings. The van der Waals surface area contributed by atoms with Crippen LogP contribution in [-0.4, -0.2) is 14.8 Å². The molecule has 0 fully saturated rings. The zero-order valence-corrected chi connectivity index (χ0v) is 16.4. The third-order valence-corrected chi connectivity index (χ3v) is 5.37. The Balaban J connectivity index is 2.09. The van der Waals surface area contributed by atoms with Crippen molar-refractivity contribution in [2.75, 3.05) is 0 Å². The molecule has 2 aromatic heterocycles. The second kappa shape index (κ2) is 6.58. The van der Waals surface area contributed by atoms with E-state index in [0.717, 1.165) is 39.2 Å². The molecule has 0 aliphatic rings. The molecule has 0 atom stereocenters. The number of aryl methyl sites for hydroxylation is 2. The molecule has 26 heavy (non-hydrogen) atoms. The van der Waals surface area contributed by atoms with Crippen molar-refractivity contribution in [2.24, 2.45) is 0 Å². The van der Waals surface area contributed by atoms with Gasteiger partial charge in [-0.05, 0) is 49.7 Å². The fourth-order valence-corrected chi connectivity index (χ4v) is 3.49. The Labute approximate surface area is 166 Å². The minimum atomic E-state index is 0.640. The summed E-state index contributed by atoms with van der Waals surface area (Å²) in [5.74, 6) is 0. The largest absolute Gasteiger partial charge is 0.232 e. The monoisotopic (exact) mass is 401 g/mol. The first-order chi connectivity index (χ1) is 12.5. The van der Waals surface area contributed by atoms with Crippen LogP contribution >= 0.6 is 34.8 Å². The summed E-state index contributed by atoms with van der Waals surface area (Å²) < 4.78 is 1.81. The number of nitrogens with zero attached hydrogens (tertiary/aromatic N) is 3. The van der Waals surface area contributed by atoms with Gasteiger partial charge in [0.25, 0.3) is 0 Å². The van der Waals surface area contributed by atoms with E-state index in [4.69, 9.17) is 44.9 Å². The molecule has 0 saturated carbocycles. The Morgan fingerprint density at radius 3 is 2.31 bits per heavy atom. The highest BCUT2D eigenvalue weighted by Crippen LogP contribution is 2.35. The SMILES string of the molecule is Cc1nc2c(c(-c3ccc(Cl)cc3)nn2-c2cccc(Cl)c2)c(C)c1Cl. The highest BCUT2D eigenvalue weighted by atomic mass is 35.5. The minimum absolute atomic E-state index is 0.640. The van der Waals surface area contributed by atoms with E-state index in [9.17, 15) is 0 Å². The van der Waals surface area contributed by atoms with E-state index in [0.29, 0.717) is 15.1 Å². The van der Waals surface area contributed by atoms with Gasteiger partial charge < -0.3 is 0 Å². The number of benzene rings is 2. The smallest absolute Gasteiger partial charge is 0.164 e. The molecular weight excluding hydrogens is 389 g/mol. The minimum Gasteiger partial charge on any atom is -0.232 e. The van der Waals surface area contributed by atoms with Crippen LogP contribution < -0.4 is 0 Å². The number of fused-ring (bicyclic) bond motifs is 1. The molecule has 2 aromatic carbocycles. The number of halogens is 3. The summed E-state index contributed by atoms with van der Waals surface area (Å²) in [6, 6.07) is 15.1. The first kappa shape index (κ1) is 17.3. The molecule has 0 N–H and O–H groups in total. The summed E-state index contributed by atoms with van der Waals surface area (Å²) in [4.78, 5) is 4.71. The van der Waals surface area contributed by atoms with Gasteiger partial charge in [0.05, 0.1) is 21.8 Å². The fourth-order valence-electron chi connectivity index (χ4n) is 3.04. The van der Waals surface area contributed by atoms with Crippen LogP contribution in [0.15, 0.2) is 48.5 Å². The van der Waals surface area contributed by atoms with Crippen LogP contribution in [0.3, 0.4) is 0 Å². The summed E-state index contributed by atoms with van der Waals surface area (Å²) in [7, 11) is 0. The average Bonchev–Trinajstić information content (AvgIpc) is 3.00. The molecule has 130 valence electrons. The molecule has 0 unspecified atom stereocenters. The highest BCUT2D eigenvalue weighted by molar-refractivity contribution is 6.33. The number of rotatable bonds is 2. The van der Waals surface area contributed by atoms with Crippen molar-refractivity contribution in [3.8, 4) is 16.9 Å². The molecule has 2 heterocycles. The molecule has 0 saturated heterocycles. The van der Waals surface area contributed by atoms with Crippen molar-refractivity contribution < 1.29 is 0 Å². The molecule has 0 aliphatic carbocycles. The van der Waals surface area contributed by atoms with Gasteiger partial charge in [0.15, 0.2) is 5.65 Å². The van der Waals surface area contributed by atoms with Gasteiger partial charge in [-0.15, -0.1) is 0 Å². The Bertz CT molecular complexity index is 1130.